The SMILES string of the molecule is COc1ccccc1C/C=C1\NN(C(C)(C)C(N)=O)S(=O)(=O)c2c1nc(-c1ncco1)n2C. The zero-order valence-corrected chi connectivity index (χ0v) is 19.4. The molecule has 12 heteroatoms. The van der Waals surface area contributed by atoms with E-state index in [4.69, 9.17) is 14.9 Å². The number of amides is 1. The summed E-state index contributed by atoms with van der Waals surface area (Å²) in [4.78, 5) is 20.8. The van der Waals surface area contributed by atoms with Crippen LogP contribution in [0.5, 0.6) is 5.75 Å². The monoisotopic (exact) mass is 472 g/mol. The molecule has 0 saturated heterocycles. The second kappa shape index (κ2) is 8.05. The molecule has 3 aromatic rings. The summed E-state index contributed by atoms with van der Waals surface area (Å²) >= 11 is 0. The van der Waals surface area contributed by atoms with E-state index >= 15 is 0 Å². The number of para-hydroxylation sites is 1. The molecule has 0 saturated carbocycles. The number of allylic oxidation sites excluding steroid dienone is 1. The third-order valence-electron chi connectivity index (χ3n) is 5.46. The molecule has 33 heavy (non-hydrogen) atoms. The topological polar surface area (TPSA) is 146 Å². The van der Waals surface area contributed by atoms with E-state index < -0.39 is 21.5 Å². The Morgan fingerprint density at radius 1 is 1.33 bits per heavy atom. The van der Waals surface area contributed by atoms with Gasteiger partial charge in [0, 0.05) is 7.05 Å². The van der Waals surface area contributed by atoms with Crippen molar-refractivity contribution in [3.8, 4) is 17.5 Å². The lowest BCUT2D eigenvalue weighted by Crippen LogP contribution is -2.62. The van der Waals surface area contributed by atoms with Crippen molar-refractivity contribution < 1.29 is 22.4 Å². The smallest absolute Gasteiger partial charge is 0.278 e. The van der Waals surface area contributed by atoms with Gasteiger partial charge in [-0.05, 0) is 31.9 Å². The summed E-state index contributed by atoms with van der Waals surface area (Å²) in [6.45, 7) is 2.85. The molecule has 0 atom stereocenters. The molecule has 1 amide bonds. The minimum atomic E-state index is -4.23. The standard InChI is InChI=1S/C21H24N6O5S/c1-21(2,20(22)28)27-25-14(10-9-13-7-5-6-8-15(13)31-4)16-19(33(27,29)30)26(3)17(24-16)18-23-11-12-32-18/h5-8,10-12,25H,9H2,1-4H3,(H2,22,28)/b14-10-. The van der Waals surface area contributed by atoms with Crippen LogP contribution >= 0.6 is 0 Å². The van der Waals surface area contributed by atoms with Crippen molar-refractivity contribution in [2.24, 2.45) is 12.8 Å². The molecule has 0 fully saturated rings. The molecule has 0 aliphatic carbocycles. The van der Waals surface area contributed by atoms with Crippen LogP contribution in [0.15, 0.2) is 52.2 Å². The second-order valence-corrected chi connectivity index (χ2v) is 9.63. The normalized spacial score (nSPS) is 16.9. The van der Waals surface area contributed by atoms with E-state index in [2.05, 4.69) is 15.4 Å². The highest BCUT2D eigenvalue weighted by Crippen LogP contribution is 2.36. The number of fused-ring (bicyclic) bond motifs is 1. The number of hydrazine groups is 1. The van der Waals surface area contributed by atoms with Crippen LogP contribution in [-0.2, 0) is 28.3 Å². The van der Waals surface area contributed by atoms with E-state index in [1.165, 1.54) is 30.9 Å². The number of nitrogens with one attached hydrogen (secondary N) is 1. The molecule has 1 aromatic carbocycles. The third kappa shape index (κ3) is 3.66. The van der Waals surface area contributed by atoms with Crippen LogP contribution < -0.4 is 15.9 Å². The largest absolute Gasteiger partial charge is 0.496 e. The lowest BCUT2D eigenvalue weighted by atomic mass is 10.1. The fourth-order valence-electron chi connectivity index (χ4n) is 3.55. The molecule has 0 bridgehead atoms. The highest BCUT2D eigenvalue weighted by atomic mass is 32.2. The highest BCUT2D eigenvalue weighted by Gasteiger charge is 2.49. The summed E-state index contributed by atoms with van der Waals surface area (Å²) in [6, 6.07) is 7.47. The maximum Gasteiger partial charge on any atom is 0.278 e. The first-order valence-electron chi connectivity index (χ1n) is 10.00. The van der Waals surface area contributed by atoms with Gasteiger partial charge < -0.3 is 24.9 Å². The molecule has 1 aliphatic rings. The summed E-state index contributed by atoms with van der Waals surface area (Å²) < 4.78 is 40.1. The molecule has 1 aliphatic heterocycles. The minimum absolute atomic E-state index is 0.116. The summed E-state index contributed by atoms with van der Waals surface area (Å²) in [5.74, 6) is 0.249. The fourth-order valence-corrected chi connectivity index (χ4v) is 5.47. The molecule has 4 rings (SSSR count). The first-order chi connectivity index (χ1) is 15.6. The summed E-state index contributed by atoms with van der Waals surface area (Å²) in [7, 11) is -1.11. The van der Waals surface area contributed by atoms with Gasteiger partial charge in [-0.15, -0.1) is 0 Å². The van der Waals surface area contributed by atoms with Gasteiger partial charge in [-0.1, -0.05) is 28.7 Å². The summed E-state index contributed by atoms with van der Waals surface area (Å²) in [6.07, 6.45) is 5.00. The zero-order chi connectivity index (χ0) is 24.0. The van der Waals surface area contributed by atoms with Gasteiger partial charge in [-0.25, -0.2) is 18.4 Å². The van der Waals surface area contributed by atoms with Crippen LogP contribution in [0.4, 0.5) is 0 Å². The van der Waals surface area contributed by atoms with Crippen molar-refractivity contribution in [1.82, 2.24) is 24.4 Å². The number of hydrogen-bond donors (Lipinski definition) is 2. The Bertz CT molecular complexity index is 1340. The third-order valence-corrected chi connectivity index (χ3v) is 7.44. The fraction of sp³-hybridized carbons (Fsp3) is 0.286. The highest BCUT2D eigenvalue weighted by molar-refractivity contribution is 7.89. The maximum absolute atomic E-state index is 13.6. The van der Waals surface area contributed by atoms with E-state index in [0.717, 1.165) is 9.98 Å². The number of imidazole rings is 1. The second-order valence-electron chi connectivity index (χ2n) is 7.92. The average Bonchev–Trinajstić information content (AvgIpc) is 3.41. The van der Waals surface area contributed by atoms with Gasteiger partial charge in [0.15, 0.2) is 10.9 Å². The van der Waals surface area contributed by atoms with Crippen LogP contribution in [0.3, 0.4) is 0 Å². The molecule has 11 nitrogen and oxygen atoms in total. The van der Waals surface area contributed by atoms with Gasteiger partial charge in [0.2, 0.25) is 5.91 Å². The van der Waals surface area contributed by atoms with Gasteiger partial charge in [0.1, 0.15) is 23.2 Å². The number of aromatic nitrogens is 3. The first-order valence-corrected chi connectivity index (χ1v) is 11.4. The van der Waals surface area contributed by atoms with Crippen LogP contribution in [0, 0.1) is 0 Å². The molecular formula is C21H24N6O5S. The molecule has 3 heterocycles. The van der Waals surface area contributed by atoms with Crippen molar-refractivity contribution in [3.63, 3.8) is 0 Å². The Morgan fingerprint density at radius 2 is 2.06 bits per heavy atom. The van der Waals surface area contributed by atoms with Crippen LogP contribution in [0.25, 0.3) is 17.4 Å². The van der Waals surface area contributed by atoms with Crippen molar-refractivity contribution in [2.75, 3.05) is 7.11 Å². The number of oxazole rings is 1. The van der Waals surface area contributed by atoms with Crippen molar-refractivity contribution in [3.05, 3.63) is 54.1 Å². The Hall–Kier alpha value is -3.64. The van der Waals surface area contributed by atoms with Crippen LogP contribution in [-0.4, -0.2) is 45.9 Å². The molecule has 2 aromatic heterocycles. The number of sulfonamides is 1. The maximum atomic E-state index is 13.6. The molecule has 3 N–H and O–H groups in total. The molecule has 0 unspecified atom stereocenters. The number of rotatable bonds is 6. The number of nitrogens with two attached hydrogens (primary N) is 1. The van der Waals surface area contributed by atoms with Gasteiger partial charge in [0.05, 0.1) is 19.0 Å². The number of methoxy groups -OCH3 is 1. The Labute approximate surface area is 190 Å². The number of hydrogen-bond acceptors (Lipinski definition) is 8. The van der Waals surface area contributed by atoms with E-state index in [0.29, 0.717) is 17.9 Å². The average molecular weight is 473 g/mol. The van der Waals surface area contributed by atoms with E-state index in [1.54, 1.807) is 20.2 Å². The summed E-state index contributed by atoms with van der Waals surface area (Å²) in [5, 5.41) is -0.116. The number of benzene rings is 1. The van der Waals surface area contributed by atoms with Gasteiger partial charge in [0.25, 0.3) is 15.9 Å². The lowest BCUT2D eigenvalue weighted by molar-refractivity contribution is -0.126. The van der Waals surface area contributed by atoms with E-state index in [1.807, 2.05) is 24.3 Å². The number of ether oxygens (including phenoxy) is 1. The Kier molecular flexibility index (Phi) is 5.50. The number of carbonyl (C=O) groups excluding carboxylic acids is 1. The molecule has 174 valence electrons. The first kappa shape index (κ1) is 22.6. The van der Waals surface area contributed by atoms with Gasteiger partial charge in [-0.2, -0.15) is 0 Å². The van der Waals surface area contributed by atoms with Gasteiger partial charge in [-0.3, -0.25) is 4.79 Å². The number of primary amides is 1. The Balaban J connectivity index is 1.90. The van der Waals surface area contributed by atoms with E-state index in [9.17, 15) is 13.2 Å². The molecule has 0 radical (unpaired) electrons. The number of nitrogens with zero attached hydrogens (tertiary/aromatic N) is 4. The predicted octanol–water partition coefficient (Wildman–Crippen LogP) is 1.44. The van der Waals surface area contributed by atoms with Crippen LogP contribution in [0.1, 0.15) is 25.1 Å². The van der Waals surface area contributed by atoms with Gasteiger partial charge >= 0.3 is 0 Å². The Morgan fingerprint density at radius 3 is 2.70 bits per heavy atom. The van der Waals surface area contributed by atoms with Crippen molar-refractivity contribution in [1.29, 1.82) is 0 Å². The molecule has 0 spiro atoms. The number of carbonyl (C=O) groups is 1. The van der Waals surface area contributed by atoms with Crippen molar-refractivity contribution in [2.45, 2.75) is 30.8 Å². The predicted molar refractivity (Wildman–Crippen MR) is 119 cm³/mol. The minimum Gasteiger partial charge on any atom is -0.496 e. The van der Waals surface area contributed by atoms with Crippen LogP contribution in [0.2, 0.25) is 0 Å². The molecular weight excluding hydrogens is 448 g/mol. The lowest BCUT2D eigenvalue weighted by Gasteiger charge is -2.38. The van der Waals surface area contributed by atoms with E-state index in [-0.39, 0.29) is 22.4 Å². The zero-order valence-electron chi connectivity index (χ0n) is 18.6. The summed E-state index contributed by atoms with van der Waals surface area (Å²) in [5.41, 5.74) is 8.26. The van der Waals surface area contributed by atoms with Crippen molar-refractivity contribution >= 4 is 21.6 Å². The quantitative estimate of drug-likeness (QED) is 0.548.